The largest absolute Gasteiger partial charge is 0.507 e. The Bertz CT molecular complexity index is 483. The van der Waals surface area contributed by atoms with Gasteiger partial charge in [-0.25, -0.2) is 4.79 Å². The van der Waals surface area contributed by atoms with E-state index in [2.05, 4.69) is 0 Å². The van der Waals surface area contributed by atoms with Crippen LogP contribution in [0.4, 0.5) is 0 Å². The van der Waals surface area contributed by atoms with Crippen LogP contribution in [0.3, 0.4) is 0 Å². The van der Waals surface area contributed by atoms with E-state index in [-0.39, 0.29) is 5.76 Å². The molecule has 0 radical (unpaired) electrons. The van der Waals surface area contributed by atoms with Gasteiger partial charge < -0.3 is 10.2 Å². The van der Waals surface area contributed by atoms with Gasteiger partial charge in [-0.15, -0.1) is 0 Å². The molecule has 0 fully saturated rings. The van der Waals surface area contributed by atoms with Crippen LogP contribution >= 0.6 is 0 Å². The van der Waals surface area contributed by atoms with Crippen molar-refractivity contribution in [1.82, 2.24) is 0 Å². The minimum Gasteiger partial charge on any atom is -0.507 e. The molecule has 0 aliphatic rings. The average molecular weight is 232 g/mol. The minimum absolute atomic E-state index is 0.0162. The second kappa shape index (κ2) is 5.65. The van der Waals surface area contributed by atoms with Crippen molar-refractivity contribution >= 4 is 17.5 Å². The summed E-state index contributed by atoms with van der Waals surface area (Å²) in [4.78, 5) is 21.2. The zero-order valence-electron chi connectivity index (χ0n) is 9.25. The van der Waals surface area contributed by atoms with Crippen molar-refractivity contribution in [1.29, 1.82) is 0 Å². The number of rotatable bonds is 4. The van der Waals surface area contributed by atoms with Gasteiger partial charge in [0, 0.05) is 5.56 Å². The first-order valence-corrected chi connectivity index (χ1v) is 4.92. The van der Waals surface area contributed by atoms with Crippen LogP contribution in [0.1, 0.15) is 12.5 Å². The first-order chi connectivity index (χ1) is 8.00. The maximum atomic E-state index is 10.9. The van der Waals surface area contributed by atoms with Crippen molar-refractivity contribution in [2.45, 2.75) is 6.92 Å². The van der Waals surface area contributed by atoms with E-state index in [1.165, 1.54) is 6.08 Å². The van der Waals surface area contributed by atoms with Crippen molar-refractivity contribution in [3.05, 3.63) is 53.6 Å². The van der Waals surface area contributed by atoms with Crippen LogP contribution in [0.2, 0.25) is 0 Å². The number of allylic oxidation sites excluding steroid dienone is 2. The smallest absolute Gasteiger partial charge is 0.376 e. The fraction of sp³-hybridized carbons (Fsp3) is 0.0769. The van der Waals surface area contributed by atoms with Crippen LogP contribution in [0.15, 0.2) is 48.1 Å². The highest BCUT2D eigenvalue weighted by molar-refractivity contribution is 6.37. The van der Waals surface area contributed by atoms with E-state index in [9.17, 15) is 14.7 Å². The van der Waals surface area contributed by atoms with E-state index in [1.807, 2.05) is 6.07 Å². The van der Waals surface area contributed by atoms with Crippen LogP contribution in [-0.4, -0.2) is 22.0 Å². The van der Waals surface area contributed by atoms with Crippen LogP contribution in [0, 0.1) is 0 Å². The summed E-state index contributed by atoms with van der Waals surface area (Å²) in [6, 6.07) is 8.76. The zero-order chi connectivity index (χ0) is 12.8. The predicted molar refractivity (Wildman–Crippen MR) is 63.4 cm³/mol. The van der Waals surface area contributed by atoms with E-state index in [0.717, 1.165) is 6.08 Å². The van der Waals surface area contributed by atoms with Crippen molar-refractivity contribution < 1.29 is 19.8 Å². The fourth-order valence-electron chi connectivity index (χ4n) is 1.22. The SMILES string of the molecule is CC(/C=C(\O)c1ccccc1)=C\C(=O)C(=O)O. The van der Waals surface area contributed by atoms with Crippen LogP contribution in [0.5, 0.6) is 0 Å². The number of carboxylic acid groups (broad SMARTS) is 1. The van der Waals surface area contributed by atoms with E-state index in [1.54, 1.807) is 31.2 Å². The molecular formula is C13H12O4. The molecule has 1 aromatic carbocycles. The van der Waals surface area contributed by atoms with Crippen molar-refractivity contribution in [3.8, 4) is 0 Å². The summed E-state index contributed by atoms with van der Waals surface area (Å²) in [6.45, 7) is 1.54. The third kappa shape index (κ3) is 3.95. The Morgan fingerprint density at radius 2 is 1.65 bits per heavy atom. The molecule has 0 saturated heterocycles. The van der Waals surface area contributed by atoms with Crippen molar-refractivity contribution in [2.24, 2.45) is 0 Å². The molecule has 2 N–H and O–H groups in total. The van der Waals surface area contributed by atoms with Crippen LogP contribution in [-0.2, 0) is 9.59 Å². The Balaban J connectivity index is 2.90. The molecule has 1 rings (SSSR count). The maximum absolute atomic E-state index is 10.9. The topological polar surface area (TPSA) is 74.6 Å². The first-order valence-electron chi connectivity index (χ1n) is 4.92. The number of hydrogen-bond donors (Lipinski definition) is 2. The van der Waals surface area contributed by atoms with E-state index in [4.69, 9.17) is 5.11 Å². The molecule has 17 heavy (non-hydrogen) atoms. The van der Waals surface area contributed by atoms with Gasteiger partial charge in [0.1, 0.15) is 5.76 Å². The Morgan fingerprint density at radius 3 is 2.18 bits per heavy atom. The lowest BCUT2D eigenvalue weighted by atomic mass is 10.1. The molecule has 0 heterocycles. The maximum Gasteiger partial charge on any atom is 0.376 e. The van der Waals surface area contributed by atoms with Gasteiger partial charge in [0.05, 0.1) is 0 Å². The van der Waals surface area contributed by atoms with Crippen molar-refractivity contribution in [2.75, 3.05) is 0 Å². The highest BCUT2D eigenvalue weighted by atomic mass is 16.4. The fourth-order valence-corrected chi connectivity index (χ4v) is 1.22. The van der Waals surface area contributed by atoms with Gasteiger partial charge in [0.25, 0.3) is 5.78 Å². The molecule has 0 saturated carbocycles. The number of aliphatic hydroxyl groups excluding tert-OH is 1. The lowest BCUT2D eigenvalue weighted by molar-refractivity contribution is -0.146. The van der Waals surface area contributed by atoms with Gasteiger partial charge in [-0.1, -0.05) is 30.3 Å². The molecule has 4 heteroatoms. The Hall–Kier alpha value is -2.36. The van der Waals surface area contributed by atoms with Gasteiger partial charge in [-0.2, -0.15) is 0 Å². The lowest BCUT2D eigenvalue weighted by Gasteiger charge is -1.99. The number of aliphatic carboxylic acids is 1. The molecular weight excluding hydrogens is 220 g/mol. The highest BCUT2D eigenvalue weighted by Gasteiger charge is 2.07. The molecule has 0 aromatic heterocycles. The van der Waals surface area contributed by atoms with E-state index >= 15 is 0 Å². The third-order valence-corrected chi connectivity index (χ3v) is 2.00. The Morgan fingerprint density at radius 1 is 1.06 bits per heavy atom. The number of carbonyl (C=O) groups excluding carboxylic acids is 1. The number of benzene rings is 1. The second-order valence-electron chi connectivity index (χ2n) is 3.45. The standard InChI is InChI=1S/C13H12O4/c1-9(8-12(15)13(16)17)7-11(14)10-5-3-2-4-6-10/h2-8,14H,1H3,(H,16,17)/b9-8+,11-7-. The molecule has 0 amide bonds. The Kier molecular flexibility index (Phi) is 4.22. The molecule has 0 aliphatic heterocycles. The average Bonchev–Trinajstić information content (AvgIpc) is 2.29. The number of ketones is 1. The monoisotopic (exact) mass is 232 g/mol. The van der Waals surface area contributed by atoms with Gasteiger partial charge in [0.15, 0.2) is 0 Å². The summed E-state index contributed by atoms with van der Waals surface area (Å²) in [5.74, 6) is -2.55. The van der Waals surface area contributed by atoms with Gasteiger partial charge in [-0.05, 0) is 24.6 Å². The number of hydrogen-bond acceptors (Lipinski definition) is 3. The minimum atomic E-state index is -1.52. The third-order valence-electron chi connectivity index (χ3n) is 2.00. The molecule has 4 nitrogen and oxygen atoms in total. The Labute approximate surface area is 98.5 Å². The quantitative estimate of drug-likeness (QED) is 0.361. The van der Waals surface area contributed by atoms with Gasteiger partial charge >= 0.3 is 5.97 Å². The molecule has 0 spiro atoms. The summed E-state index contributed by atoms with van der Waals surface area (Å²) < 4.78 is 0. The summed E-state index contributed by atoms with van der Waals surface area (Å²) >= 11 is 0. The number of carbonyl (C=O) groups is 2. The molecule has 0 unspecified atom stereocenters. The molecule has 1 aromatic rings. The van der Waals surface area contributed by atoms with Gasteiger partial charge in [0.2, 0.25) is 0 Å². The second-order valence-corrected chi connectivity index (χ2v) is 3.45. The van der Waals surface area contributed by atoms with Gasteiger partial charge in [-0.3, -0.25) is 4.79 Å². The lowest BCUT2D eigenvalue weighted by Crippen LogP contribution is -2.09. The molecule has 88 valence electrons. The molecule has 0 atom stereocenters. The molecule has 0 aliphatic carbocycles. The van der Waals surface area contributed by atoms with E-state index in [0.29, 0.717) is 11.1 Å². The molecule has 0 bridgehead atoms. The predicted octanol–water partition coefficient (Wildman–Crippen LogP) is 2.19. The van der Waals surface area contributed by atoms with Crippen LogP contribution in [0.25, 0.3) is 5.76 Å². The number of aliphatic hydroxyl groups is 1. The highest BCUT2D eigenvalue weighted by Crippen LogP contribution is 2.12. The normalized spacial score (nSPS) is 12.3. The summed E-state index contributed by atoms with van der Waals surface area (Å²) in [7, 11) is 0. The van der Waals surface area contributed by atoms with E-state index < -0.39 is 11.8 Å². The first kappa shape index (κ1) is 12.7. The van der Waals surface area contributed by atoms with Crippen LogP contribution < -0.4 is 0 Å². The summed E-state index contributed by atoms with van der Waals surface area (Å²) in [6.07, 6.45) is 2.30. The summed E-state index contributed by atoms with van der Waals surface area (Å²) in [5, 5.41) is 18.1. The zero-order valence-corrected chi connectivity index (χ0v) is 9.25. The number of carboxylic acids is 1. The summed E-state index contributed by atoms with van der Waals surface area (Å²) in [5.41, 5.74) is 0.974. The van der Waals surface area contributed by atoms with Crippen molar-refractivity contribution in [3.63, 3.8) is 0 Å².